The molecule has 0 spiro atoms. The van der Waals surface area contributed by atoms with Crippen molar-refractivity contribution in [1.29, 1.82) is 0 Å². The van der Waals surface area contributed by atoms with Gasteiger partial charge in [0.15, 0.2) is 12.4 Å². The van der Waals surface area contributed by atoms with E-state index in [1.54, 1.807) is 5.32 Å². The van der Waals surface area contributed by atoms with Gasteiger partial charge in [0.1, 0.15) is 12.2 Å². The summed E-state index contributed by atoms with van der Waals surface area (Å²) in [6.07, 6.45) is -8.83. The minimum absolute atomic E-state index is 0.242. The first-order valence-electron chi connectivity index (χ1n) is 7.51. The van der Waals surface area contributed by atoms with Crippen molar-refractivity contribution in [1.82, 2.24) is 14.9 Å². The van der Waals surface area contributed by atoms with Crippen LogP contribution in [-0.4, -0.2) is 63.4 Å². The molecule has 2 rings (SSSR count). The Kier molecular flexibility index (Phi) is 6.18. The number of carbonyl (C=O) groups excluding carboxylic acids is 1. The molecule has 9 nitrogen and oxygen atoms in total. The topological polar surface area (TPSA) is 134 Å². The van der Waals surface area contributed by atoms with Gasteiger partial charge in [-0.3, -0.25) is 19.1 Å². The molecule has 2 heterocycles. The second-order valence-corrected chi connectivity index (χ2v) is 5.54. The van der Waals surface area contributed by atoms with E-state index >= 15 is 0 Å². The maximum absolute atomic E-state index is 14.1. The molecule has 0 aliphatic carbocycles. The molecule has 1 fully saturated rings. The highest BCUT2D eigenvalue weighted by atomic mass is 19.4. The largest absolute Gasteiger partial charge is 0.471 e. The van der Waals surface area contributed by atoms with Crippen LogP contribution < -0.4 is 16.6 Å². The fraction of sp³-hybridized carbons (Fsp3) is 0.500. The van der Waals surface area contributed by atoms with Gasteiger partial charge in [0.25, 0.3) is 5.56 Å². The van der Waals surface area contributed by atoms with Gasteiger partial charge in [-0.25, -0.2) is 9.18 Å². The Bertz CT molecular complexity index is 833. The first kappa shape index (κ1) is 20.8. The number of carbonyl (C=O) groups is 1. The Balaban J connectivity index is 2.19. The van der Waals surface area contributed by atoms with E-state index in [1.807, 2.05) is 4.98 Å². The Morgan fingerprint density at radius 1 is 1.41 bits per heavy atom. The standard InChI is InChI=1S/C14H15F4N3O6/c15-8-9(23)7(5-22)27-11(8)21-4-6(10(24)20-13(21)26)2-1-3-19-12(25)14(16,17)18/h1-2,4,7-9,11,22-23H,3,5H2,(H,19,25)(H,20,24,26)/t7-,8?,9+,11-/m1/s1. The van der Waals surface area contributed by atoms with Crippen LogP contribution in [0.3, 0.4) is 0 Å². The van der Waals surface area contributed by atoms with E-state index in [0.29, 0.717) is 4.57 Å². The number of aliphatic hydroxyl groups excluding tert-OH is 2. The van der Waals surface area contributed by atoms with Crippen molar-refractivity contribution in [3.63, 3.8) is 0 Å². The van der Waals surface area contributed by atoms with Gasteiger partial charge in [-0.1, -0.05) is 12.2 Å². The zero-order valence-corrected chi connectivity index (χ0v) is 13.4. The molecule has 150 valence electrons. The average Bonchev–Trinajstić information content (AvgIpc) is 2.87. The lowest BCUT2D eigenvalue weighted by Gasteiger charge is -2.16. The number of nitrogens with zero attached hydrogens (tertiary/aromatic N) is 1. The summed E-state index contributed by atoms with van der Waals surface area (Å²) in [4.78, 5) is 36.1. The summed E-state index contributed by atoms with van der Waals surface area (Å²) in [7, 11) is 0. The number of nitrogens with one attached hydrogen (secondary N) is 2. The van der Waals surface area contributed by atoms with E-state index < -0.39 is 61.1 Å². The summed E-state index contributed by atoms with van der Waals surface area (Å²) in [5.74, 6) is -2.17. The van der Waals surface area contributed by atoms with Gasteiger partial charge in [0.2, 0.25) is 0 Å². The highest BCUT2D eigenvalue weighted by Gasteiger charge is 2.45. The number of aromatic nitrogens is 2. The molecule has 1 aromatic heterocycles. The molecule has 0 radical (unpaired) electrons. The Labute approximate surface area is 147 Å². The van der Waals surface area contributed by atoms with E-state index in [4.69, 9.17) is 9.84 Å². The van der Waals surface area contributed by atoms with E-state index in [9.17, 15) is 37.1 Å². The molecule has 1 saturated heterocycles. The van der Waals surface area contributed by atoms with Gasteiger partial charge < -0.3 is 20.3 Å². The van der Waals surface area contributed by atoms with Crippen LogP contribution in [0.2, 0.25) is 0 Å². The predicted octanol–water partition coefficient (Wildman–Crippen LogP) is -1.18. The number of rotatable bonds is 5. The van der Waals surface area contributed by atoms with Crippen LogP contribution in [0.1, 0.15) is 11.8 Å². The number of alkyl halides is 4. The SMILES string of the molecule is O=C(NCC=Cc1cn([C@@H]2O[C@H](CO)[C@H](O)C2F)c(=O)[nH]c1=O)C(F)(F)F. The molecule has 1 unspecified atom stereocenters. The highest BCUT2D eigenvalue weighted by molar-refractivity contribution is 5.81. The summed E-state index contributed by atoms with van der Waals surface area (Å²) >= 11 is 0. The Morgan fingerprint density at radius 2 is 2.07 bits per heavy atom. The minimum Gasteiger partial charge on any atom is -0.394 e. The third kappa shape index (κ3) is 4.61. The number of halogens is 4. The lowest BCUT2D eigenvalue weighted by molar-refractivity contribution is -0.173. The molecule has 4 N–H and O–H groups in total. The first-order chi connectivity index (χ1) is 12.6. The molecule has 1 aromatic rings. The van der Waals surface area contributed by atoms with Crippen molar-refractivity contribution in [2.24, 2.45) is 0 Å². The van der Waals surface area contributed by atoms with Crippen molar-refractivity contribution in [3.8, 4) is 0 Å². The van der Waals surface area contributed by atoms with Gasteiger partial charge >= 0.3 is 17.8 Å². The fourth-order valence-corrected chi connectivity index (χ4v) is 2.32. The maximum Gasteiger partial charge on any atom is 0.471 e. The molecule has 0 bridgehead atoms. The molecule has 0 aromatic carbocycles. The first-order valence-corrected chi connectivity index (χ1v) is 7.51. The number of aliphatic hydroxyl groups is 2. The lowest BCUT2D eigenvalue weighted by Crippen LogP contribution is -2.37. The molecule has 27 heavy (non-hydrogen) atoms. The molecule has 0 saturated carbocycles. The zero-order valence-electron chi connectivity index (χ0n) is 13.4. The molecular formula is C14H15F4N3O6. The quantitative estimate of drug-likeness (QED) is 0.462. The summed E-state index contributed by atoms with van der Waals surface area (Å²) < 4.78 is 55.9. The van der Waals surface area contributed by atoms with Gasteiger partial charge in [0, 0.05) is 12.7 Å². The van der Waals surface area contributed by atoms with Gasteiger partial charge in [0.05, 0.1) is 12.2 Å². The van der Waals surface area contributed by atoms with Crippen LogP contribution in [0.15, 0.2) is 21.9 Å². The average molecular weight is 397 g/mol. The zero-order chi connectivity index (χ0) is 20.4. The second-order valence-electron chi connectivity index (χ2n) is 5.54. The molecule has 1 aliphatic rings. The molecule has 1 aliphatic heterocycles. The number of amides is 1. The van der Waals surface area contributed by atoms with E-state index in [2.05, 4.69) is 0 Å². The molecule has 1 amide bonds. The van der Waals surface area contributed by atoms with Crippen molar-refractivity contribution >= 4 is 12.0 Å². The van der Waals surface area contributed by atoms with Crippen LogP contribution in [0.25, 0.3) is 6.08 Å². The number of hydrogen-bond acceptors (Lipinski definition) is 6. The third-order valence-electron chi connectivity index (χ3n) is 3.68. The molecule has 13 heteroatoms. The maximum atomic E-state index is 14.1. The molecule has 4 atom stereocenters. The van der Waals surface area contributed by atoms with Gasteiger partial charge in [-0.2, -0.15) is 13.2 Å². The third-order valence-corrected chi connectivity index (χ3v) is 3.68. The van der Waals surface area contributed by atoms with Gasteiger partial charge in [-0.05, 0) is 0 Å². The van der Waals surface area contributed by atoms with Crippen molar-refractivity contribution in [3.05, 3.63) is 38.7 Å². The number of H-pyrrole nitrogens is 1. The van der Waals surface area contributed by atoms with Crippen molar-refractivity contribution < 1.29 is 37.3 Å². The normalized spacial score (nSPS) is 25.9. The van der Waals surface area contributed by atoms with Crippen LogP contribution in [0, 0.1) is 0 Å². The van der Waals surface area contributed by atoms with Crippen LogP contribution >= 0.6 is 0 Å². The van der Waals surface area contributed by atoms with Crippen LogP contribution in [0.5, 0.6) is 0 Å². The highest BCUT2D eigenvalue weighted by Crippen LogP contribution is 2.30. The van der Waals surface area contributed by atoms with Crippen LogP contribution in [-0.2, 0) is 9.53 Å². The Hall–Kier alpha value is -2.51. The summed E-state index contributed by atoms with van der Waals surface area (Å²) in [6, 6.07) is 0. The smallest absolute Gasteiger partial charge is 0.394 e. The Morgan fingerprint density at radius 3 is 2.63 bits per heavy atom. The van der Waals surface area contributed by atoms with Gasteiger partial charge in [-0.15, -0.1) is 0 Å². The fourth-order valence-electron chi connectivity index (χ4n) is 2.32. The number of ether oxygens (including phenoxy) is 1. The van der Waals surface area contributed by atoms with Crippen LogP contribution in [0.4, 0.5) is 17.6 Å². The monoisotopic (exact) mass is 397 g/mol. The van der Waals surface area contributed by atoms with Crippen molar-refractivity contribution in [2.45, 2.75) is 30.8 Å². The lowest BCUT2D eigenvalue weighted by atomic mass is 10.1. The summed E-state index contributed by atoms with van der Waals surface area (Å²) in [6.45, 7) is -1.27. The molecular weight excluding hydrogens is 382 g/mol. The summed E-state index contributed by atoms with van der Waals surface area (Å²) in [5.41, 5.74) is -2.21. The second kappa shape index (κ2) is 8.02. The van der Waals surface area contributed by atoms with E-state index in [1.165, 1.54) is 0 Å². The minimum atomic E-state index is -5.06. The van der Waals surface area contributed by atoms with E-state index in [-0.39, 0.29) is 5.56 Å². The van der Waals surface area contributed by atoms with E-state index in [0.717, 1.165) is 18.3 Å². The number of aromatic amines is 1. The predicted molar refractivity (Wildman–Crippen MR) is 81.3 cm³/mol. The van der Waals surface area contributed by atoms with Crippen molar-refractivity contribution in [2.75, 3.05) is 13.2 Å². The number of hydrogen-bond donors (Lipinski definition) is 4. The summed E-state index contributed by atoms with van der Waals surface area (Å²) in [5, 5.41) is 20.2.